The van der Waals surface area contributed by atoms with Gasteiger partial charge in [-0.05, 0) is 22.3 Å². The summed E-state index contributed by atoms with van der Waals surface area (Å²) < 4.78 is 0. The van der Waals surface area contributed by atoms with Crippen molar-refractivity contribution in [1.29, 1.82) is 0 Å². The topological polar surface area (TPSA) is 110 Å². The SMILES string of the molecule is NCc1ccc(C2(c3ccc(CN)cc3)NC(=O)NC2=O)cc1. The lowest BCUT2D eigenvalue weighted by Crippen LogP contribution is -2.44. The lowest BCUT2D eigenvalue weighted by atomic mass is 9.82. The first kappa shape index (κ1) is 15.2. The van der Waals surface area contributed by atoms with Crippen molar-refractivity contribution in [3.05, 3.63) is 70.8 Å². The molecule has 1 fully saturated rings. The minimum atomic E-state index is -1.24. The zero-order valence-corrected chi connectivity index (χ0v) is 12.5. The molecule has 0 bridgehead atoms. The largest absolute Gasteiger partial charge is 0.326 e. The summed E-state index contributed by atoms with van der Waals surface area (Å²) in [6.45, 7) is 0.827. The van der Waals surface area contributed by atoms with Crippen molar-refractivity contribution in [2.24, 2.45) is 11.5 Å². The van der Waals surface area contributed by atoms with E-state index in [0.29, 0.717) is 24.2 Å². The zero-order chi connectivity index (χ0) is 16.4. The molecule has 0 unspecified atom stereocenters. The summed E-state index contributed by atoms with van der Waals surface area (Å²) in [6.07, 6.45) is 0. The van der Waals surface area contributed by atoms with Crippen molar-refractivity contribution in [2.45, 2.75) is 18.6 Å². The van der Waals surface area contributed by atoms with Crippen molar-refractivity contribution in [3.8, 4) is 0 Å². The number of benzene rings is 2. The molecule has 6 nitrogen and oxygen atoms in total. The average molecular weight is 310 g/mol. The number of rotatable bonds is 4. The van der Waals surface area contributed by atoms with Gasteiger partial charge in [0.1, 0.15) is 0 Å². The fourth-order valence-corrected chi connectivity index (χ4v) is 2.81. The highest BCUT2D eigenvalue weighted by Gasteiger charge is 2.49. The zero-order valence-electron chi connectivity index (χ0n) is 12.5. The fourth-order valence-electron chi connectivity index (χ4n) is 2.81. The highest BCUT2D eigenvalue weighted by molar-refractivity contribution is 6.09. The van der Waals surface area contributed by atoms with E-state index in [-0.39, 0.29) is 0 Å². The molecule has 2 aromatic rings. The molecule has 0 aliphatic carbocycles. The van der Waals surface area contributed by atoms with E-state index in [1.807, 2.05) is 48.5 Å². The molecule has 6 heteroatoms. The van der Waals surface area contributed by atoms with Crippen molar-refractivity contribution in [1.82, 2.24) is 10.6 Å². The van der Waals surface area contributed by atoms with E-state index >= 15 is 0 Å². The Balaban J connectivity index is 2.13. The predicted molar refractivity (Wildman–Crippen MR) is 86.1 cm³/mol. The van der Waals surface area contributed by atoms with Gasteiger partial charge in [-0.15, -0.1) is 0 Å². The van der Waals surface area contributed by atoms with Gasteiger partial charge in [0.05, 0.1) is 0 Å². The van der Waals surface area contributed by atoms with Gasteiger partial charge in [-0.2, -0.15) is 0 Å². The van der Waals surface area contributed by atoms with E-state index in [1.165, 1.54) is 0 Å². The third-order valence-corrected chi connectivity index (χ3v) is 4.11. The van der Waals surface area contributed by atoms with Crippen molar-refractivity contribution in [3.63, 3.8) is 0 Å². The summed E-state index contributed by atoms with van der Waals surface area (Å²) in [5, 5.41) is 5.09. The van der Waals surface area contributed by atoms with Crippen LogP contribution in [0.1, 0.15) is 22.3 Å². The van der Waals surface area contributed by atoms with Gasteiger partial charge < -0.3 is 16.8 Å². The normalized spacial score (nSPS) is 16.1. The summed E-state index contributed by atoms with van der Waals surface area (Å²) in [6, 6.07) is 14.1. The number of hydrogen-bond donors (Lipinski definition) is 4. The molecule has 23 heavy (non-hydrogen) atoms. The Morgan fingerprint density at radius 3 is 1.52 bits per heavy atom. The quantitative estimate of drug-likeness (QED) is 0.623. The van der Waals surface area contributed by atoms with Gasteiger partial charge in [-0.1, -0.05) is 48.5 Å². The molecule has 3 rings (SSSR count). The Bertz CT molecular complexity index is 691. The molecule has 0 radical (unpaired) electrons. The van der Waals surface area contributed by atoms with Gasteiger partial charge in [0, 0.05) is 13.1 Å². The number of amides is 3. The minimum Gasteiger partial charge on any atom is -0.326 e. The molecule has 1 aliphatic heterocycles. The molecule has 1 heterocycles. The average Bonchev–Trinajstić information content (AvgIpc) is 2.90. The van der Waals surface area contributed by atoms with Crippen LogP contribution in [0.15, 0.2) is 48.5 Å². The second-order valence-electron chi connectivity index (χ2n) is 5.46. The fraction of sp³-hybridized carbons (Fsp3) is 0.176. The first-order valence-electron chi connectivity index (χ1n) is 7.32. The maximum atomic E-state index is 12.6. The Morgan fingerprint density at radius 1 is 0.783 bits per heavy atom. The van der Waals surface area contributed by atoms with Crippen LogP contribution in [0.3, 0.4) is 0 Å². The molecule has 0 aromatic heterocycles. The Labute approximate surface area is 133 Å². The standard InChI is InChI=1S/C17H18N4O2/c18-9-11-1-5-13(6-2-11)17(15(22)20-16(23)21-17)14-7-3-12(10-19)4-8-14/h1-8H,9-10,18-19H2,(H2,20,21,22,23). The lowest BCUT2D eigenvalue weighted by molar-refractivity contribution is -0.122. The van der Waals surface area contributed by atoms with E-state index in [0.717, 1.165) is 11.1 Å². The molecule has 6 N–H and O–H groups in total. The monoisotopic (exact) mass is 310 g/mol. The van der Waals surface area contributed by atoms with Crippen molar-refractivity contribution in [2.75, 3.05) is 0 Å². The summed E-state index contributed by atoms with van der Waals surface area (Å²) >= 11 is 0. The van der Waals surface area contributed by atoms with E-state index in [2.05, 4.69) is 10.6 Å². The number of nitrogens with one attached hydrogen (secondary N) is 2. The maximum Gasteiger partial charge on any atom is 0.322 e. The van der Waals surface area contributed by atoms with Crippen LogP contribution in [0.25, 0.3) is 0 Å². The molecule has 1 aliphatic rings. The molecule has 0 spiro atoms. The lowest BCUT2D eigenvalue weighted by Gasteiger charge is -2.27. The minimum absolute atomic E-state index is 0.400. The number of imide groups is 1. The smallest absolute Gasteiger partial charge is 0.322 e. The molecule has 0 saturated carbocycles. The Morgan fingerprint density at radius 2 is 1.22 bits per heavy atom. The Kier molecular flexibility index (Phi) is 3.85. The van der Waals surface area contributed by atoms with Gasteiger partial charge in [0.25, 0.3) is 5.91 Å². The number of hydrogen-bond acceptors (Lipinski definition) is 4. The molecule has 118 valence electrons. The van der Waals surface area contributed by atoms with Gasteiger partial charge in [-0.25, -0.2) is 4.79 Å². The highest BCUT2D eigenvalue weighted by atomic mass is 16.2. The van der Waals surface area contributed by atoms with Crippen molar-refractivity contribution >= 4 is 11.9 Å². The first-order chi connectivity index (χ1) is 11.1. The van der Waals surface area contributed by atoms with Crippen molar-refractivity contribution < 1.29 is 9.59 Å². The van der Waals surface area contributed by atoms with Crippen LogP contribution in [0, 0.1) is 0 Å². The number of nitrogens with two attached hydrogens (primary N) is 2. The summed E-state index contributed by atoms with van der Waals surface area (Å²) in [5.74, 6) is -0.400. The van der Waals surface area contributed by atoms with E-state index in [9.17, 15) is 9.59 Å². The summed E-state index contributed by atoms with van der Waals surface area (Å²) in [4.78, 5) is 24.4. The maximum absolute atomic E-state index is 12.6. The molecule has 3 amide bonds. The molecular weight excluding hydrogens is 292 g/mol. The Hall–Kier alpha value is -2.70. The van der Waals surface area contributed by atoms with Gasteiger partial charge in [0.2, 0.25) is 0 Å². The number of carbonyl (C=O) groups is 2. The molecule has 1 saturated heterocycles. The van der Waals surface area contributed by atoms with Crippen LogP contribution in [0.5, 0.6) is 0 Å². The van der Waals surface area contributed by atoms with Crippen LogP contribution in [0.4, 0.5) is 4.79 Å². The second kappa shape index (κ2) is 5.83. The molecule has 2 aromatic carbocycles. The third kappa shape index (κ3) is 2.48. The van der Waals surface area contributed by atoms with E-state index in [1.54, 1.807) is 0 Å². The number of urea groups is 1. The van der Waals surface area contributed by atoms with Crippen LogP contribution in [-0.4, -0.2) is 11.9 Å². The van der Waals surface area contributed by atoms with Crippen LogP contribution in [-0.2, 0) is 23.4 Å². The van der Waals surface area contributed by atoms with E-state index < -0.39 is 17.5 Å². The van der Waals surface area contributed by atoms with Gasteiger partial charge in [0.15, 0.2) is 5.54 Å². The first-order valence-corrected chi connectivity index (χ1v) is 7.32. The summed E-state index contributed by atoms with van der Waals surface area (Å²) in [7, 11) is 0. The molecular formula is C17H18N4O2. The predicted octanol–water partition coefficient (Wildman–Crippen LogP) is 0.687. The van der Waals surface area contributed by atoms with Crippen LogP contribution >= 0.6 is 0 Å². The second-order valence-corrected chi connectivity index (χ2v) is 5.46. The van der Waals surface area contributed by atoms with Gasteiger partial charge >= 0.3 is 6.03 Å². The van der Waals surface area contributed by atoms with Gasteiger partial charge in [-0.3, -0.25) is 10.1 Å². The van der Waals surface area contributed by atoms with E-state index in [4.69, 9.17) is 11.5 Å². The third-order valence-electron chi connectivity index (χ3n) is 4.11. The van der Waals surface area contributed by atoms with Crippen LogP contribution in [0.2, 0.25) is 0 Å². The summed E-state index contributed by atoms with van der Waals surface area (Å²) in [5.41, 5.74) is 13.3. The van der Waals surface area contributed by atoms with Crippen LogP contribution < -0.4 is 22.1 Å². The molecule has 0 atom stereocenters. The highest BCUT2D eigenvalue weighted by Crippen LogP contribution is 2.33. The number of carbonyl (C=O) groups excluding carboxylic acids is 2.